The van der Waals surface area contributed by atoms with Crippen LogP contribution in [-0.4, -0.2) is 64.0 Å². The van der Waals surface area contributed by atoms with Crippen LogP contribution in [0.25, 0.3) is 0 Å². The largest absolute Gasteiger partial charge is 0.376 e. The van der Waals surface area contributed by atoms with Gasteiger partial charge >= 0.3 is 0 Å². The van der Waals surface area contributed by atoms with Crippen molar-refractivity contribution in [3.63, 3.8) is 0 Å². The first kappa shape index (κ1) is 17.4. The number of hydrogen-bond donors (Lipinski definition) is 1. The van der Waals surface area contributed by atoms with E-state index in [1.807, 2.05) is 6.92 Å². The number of nitrogens with one attached hydrogen (secondary N) is 1. The molecule has 3 heterocycles. The first-order chi connectivity index (χ1) is 11.7. The lowest BCUT2D eigenvalue weighted by Crippen LogP contribution is -2.50. The van der Waals surface area contributed by atoms with Gasteiger partial charge in [0.25, 0.3) is 0 Å². The van der Waals surface area contributed by atoms with Gasteiger partial charge in [-0.25, -0.2) is 0 Å². The number of carbonyl (C=O) groups is 1. The lowest BCUT2D eigenvalue weighted by molar-refractivity contribution is -0.126. The zero-order chi connectivity index (χ0) is 16.9. The number of rotatable bonds is 6. The lowest BCUT2D eigenvalue weighted by atomic mass is 9.96. The molecule has 134 valence electrons. The topological polar surface area (TPSA) is 72.3 Å². The monoisotopic (exact) mass is 335 g/mol. The molecule has 1 N–H and O–H groups in total. The van der Waals surface area contributed by atoms with E-state index in [0.717, 1.165) is 57.7 Å². The molecule has 1 amide bonds. The van der Waals surface area contributed by atoms with E-state index < -0.39 is 0 Å². The Kier molecular flexibility index (Phi) is 5.84. The fourth-order valence-electron chi connectivity index (χ4n) is 3.73. The van der Waals surface area contributed by atoms with E-state index in [2.05, 4.69) is 31.9 Å². The third-order valence-corrected chi connectivity index (χ3v) is 5.26. The van der Waals surface area contributed by atoms with Crippen molar-refractivity contribution in [1.82, 2.24) is 25.0 Å². The molecule has 2 fully saturated rings. The SMILES string of the molecule is CCn1cnnc1C1CCCN(C(C)C(=O)NCC2CCCO2)C1. The molecule has 0 saturated carbocycles. The summed E-state index contributed by atoms with van der Waals surface area (Å²) in [5.41, 5.74) is 0. The first-order valence-electron chi connectivity index (χ1n) is 9.20. The quantitative estimate of drug-likeness (QED) is 0.845. The number of likely N-dealkylation sites (tertiary alicyclic amines) is 1. The van der Waals surface area contributed by atoms with Crippen LogP contribution < -0.4 is 5.32 Å². The molecule has 3 rings (SSSR count). The Labute approximate surface area is 143 Å². The van der Waals surface area contributed by atoms with E-state index in [1.165, 1.54) is 0 Å². The summed E-state index contributed by atoms with van der Waals surface area (Å²) in [5, 5.41) is 11.4. The maximum absolute atomic E-state index is 12.5. The van der Waals surface area contributed by atoms with E-state index in [4.69, 9.17) is 4.74 Å². The Bertz CT molecular complexity index is 541. The van der Waals surface area contributed by atoms with Gasteiger partial charge in [0.15, 0.2) is 0 Å². The molecular weight excluding hydrogens is 306 g/mol. The van der Waals surface area contributed by atoms with E-state index in [9.17, 15) is 4.79 Å². The maximum Gasteiger partial charge on any atom is 0.237 e. The summed E-state index contributed by atoms with van der Waals surface area (Å²) >= 11 is 0. The molecule has 1 aromatic rings. The van der Waals surface area contributed by atoms with E-state index in [0.29, 0.717) is 12.5 Å². The predicted molar refractivity (Wildman–Crippen MR) is 90.7 cm³/mol. The van der Waals surface area contributed by atoms with Crippen molar-refractivity contribution in [3.8, 4) is 0 Å². The van der Waals surface area contributed by atoms with Gasteiger partial charge in [-0.3, -0.25) is 9.69 Å². The van der Waals surface area contributed by atoms with Gasteiger partial charge in [0, 0.05) is 32.2 Å². The molecule has 1 aromatic heterocycles. The second-order valence-corrected chi connectivity index (χ2v) is 6.87. The molecule has 0 radical (unpaired) electrons. The molecule has 3 unspecified atom stereocenters. The number of aryl methyl sites for hydroxylation is 1. The van der Waals surface area contributed by atoms with Gasteiger partial charge in [0.1, 0.15) is 12.2 Å². The minimum Gasteiger partial charge on any atom is -0.376 e. The van der Waals surface area contributed by atoms with Crippen LogP contribution in [0, 0.1) is 0 Å². The Balaban J connectivity index is 1.54. The second-order valence-electron chi connectivity index (χ2n) is 6.87. The summed E-state index contributed by atoms with van der Waals surface area (Å²) in [6, 6.07) is -0.118. The van der Waals surface area contributed by atoms with Crippen LogP contribution in [0.5, 0.6) is 0 Å². The van der Waals surface area contributed by atoms with Crippen LogP contribution in [-0.2, 0) is 16.1 Å². The van der Waals surface area contributed by atoms with Crippen molar-refractivity contribution >= 4 is 5.91 Å². The van der Waals surface area contributed by atoms with E-state index >= 15 is 0 Å². The normalized spacial score (nSPS) is 26.4. The highest BCUT2D eigenvalue weighted by Gasteiger charge is 2.30. The van der Waals surface area contributed by atoms with Crippen LogP contribution in [0.3, 0.4) is 0 Å². The highest BCUT2D eigenvalue weighted by atomic mass is 16.5. The van der Waals surface area contributed by atoms with Crippen molar-refractivity contribution in [1.29, 1.82) is 0 Å². The number of ether oxygens (including phenoxy) is 1. The van der Waals surface area contributed by atoms with Gasteiger partial charge in [0.05, 0.1) is 12.1 Å². The van der Waals surface area contributed by atoms with Crippen LogP contribution in [0.4, 0.5) is 0 Å². The van der Waals surface area contributed by atoms with E-state index in [1.54, 1.807) is 6.33 Å². The molecule has 2 aliphatic heterocycles. The van der Waals surface area contributed by atoms with Gasteiger partial charge in [0.2, 0.25) is 5.91 Å². The number of aromatic nitrogens is 3. The Morgan fingerprint density at radius 2 is 2.33 bits per heavy atom. The first-order valence-corrected chi connectivity index (χ1v) is 9.20. The average molecular weight is 335 g/mol. The number of nitrogens with zero attached hydrogens (tertiary/aromatic N) is 4. The van der Waals surface area contributed by atoms with Crippen LogP contribution in [0.1, 0.15) is 51.3 Å². The highest BCUT2D eigenvalue weighted by molar-refractivity contribution is 5.81. The molecule has 7 nitrogen and oxygen atoms in total. The standard InChI is InChI=1S/C17H29N5O2/c1-3-21-12-19-20-16(21)14-6-4-8-22(11-14)13(2)17(23)18-10-15-7-5-9-24-15/h12-15H,3-11H2,1-2H3,(H,18,23). The summed E-state index contributed by atoms with van der Waals surface area (Å²) in [7, 11) is 0. The second kappa shape index (κ2) is 8.07. The lowest BCUT2D eigenvalue weighted by Gasteiger charge is -2.35. The summed E-state index contributed by atoms with van der Waals surface area (Å²) < 4.78 is 7.68. The van der Waals surface area contributed by atoms with Crippen LogP contribution in [0.2, 0.25) is 0 Å². The Hall–Kier alpha value is -1.47. The summed E-state index contributed by atoms with van der Waals surface area (Å²) in [5.74, 6) is 1.51. The molecule has 0 aromatic carbocycles. The molecule has 3 atom stereocenters. The van der Waals surface area contributed by atoms with Gasteiger partial charge in [-0.1, -0.05) is 0 Å². The van der Waals surface area contributed by atoms with Gasteiger partial charge < -0.3 is 14.6 Å². The average Bonchev–Trinajstić information content (AvgIpc) is 3.30. The minimum absolute atomic E-state index is 0.100. The van der Waals surface area contributed by atoms with Crippen LogP contribution in [0.15, 0.2) is 6.33 Å². The molecule has 0 bridgehead atoms. The minimum atomic E-state index is -0.118. The smallest absolute Gasteiger partial charge is 0.237 e. The molecule has 2 aliphatic rings. The van der Waals surface area contributed by atoms with Crippen molar-refractivity contribution in [2.45, 2.75) is 64.1 Å². The van der Waals surface area contributed by atoms with Crippen LogP contribution >= 0.6 is 0 Å². The molecule has 0 aliphatic carbocycles. The number of piperidine rings is 1. The third-order valence-electron chi connectivity index (χ3n) is 5.26. The van der Waals surface area contributed by atoms with Gasteiger partial charge in [-0.05, 0) is 46.1 Å². The van der Waals surface area contributed by atoms with Crippen molar-refractivity contribution in [2.24, 2.45) is 0 Å². The number of carbonyl (C=O) groups excluding carboxylic acids is 1. The molecule has 7 heteroatoms. The van der Waals surface area contributed by atoms with Crippen molar-refractivity contribution in [3.05, 3.63) is 12.2 Å². The fraction of sp³-hybridized carbons (Fsp3) is 0.824. The zero-order valence-corrected chi connectivity index (χ0v) is 14.8. The fourth-order valence-corrected chi connectivity index (χ4v) is 3.73. The van der Waals surface area contributed by atoms with Gasteiger partial charge in [-0.15, -0.1) is 10.2 Å². The van der Waals surface area contributed by atoms with E-state index in [-0.39, 0.29) is 18.1 Å². The molecular formula is C17H29N5O2. The predicted octanol–water partition coefficient (Wildman–Crippen LogP) is 1.16. The molecule has 0 spiro atoms. The molecule has 2 saturated heterocycles. The Morgan fingerprint density at radius 3 is 3.08 bits per heavy atom. The summed E-state index contributed by atoms with van der Waals surface area (Å²) in [6.07, 6.45) is 6.34. The zero-order valence-electron chi connectivity index (χ0n) is 14.8. The number of hydrogen-bond acceptors (Lipinski definition) is 5. The highest BCUT2D eigenvalue weighted by Crippen LogP contribution is 2.26. The maximum atomic E-state index is 12.5. The molecule has 24 heavy (non-hydrogen) atoms. The summed E-state index contributed by atoms with van der Waals surface area (Å²) in [6.45, 7) is 8.27. The number of amides is 1. The summed E-state index contributed by atoms with van der Waals surface area (Å²) in [4.78, 5) is 14.7. The Morgan fingerprint density at radius 1 is 1.46 bits per heavy atom. The third kappa shape index (κ3) is 3.95. The van der Waals surface area contributed by atoms with Gasteiger partial charge in [-0.2, -0.15) is 0 Å². The van der Waals surface area contributed by atoms with Crippen molar-refractivity contribution in [2.75, 3.05) is 26.2 Å². The van der Waals surface area contributed by atoms with Crippen molar-refractivity contribution < 1.29 is 9.53 Å².